The first-order chi connectivity index (χ1) is 5.40. The Bertz CT molecular complexity index is 236. The lowest BCUT2D eigenvalue weighted by atomic mass is 10.0. The summed E-state index contributed by atoms with van der Waals surface area (Å²) in [6, 6.07) is 0. The molecule has 3 nitrogen and oxygen atoms in total. The van der Waals surface area contributed by atoms with Crippen LogP contribution in [0, 0.1) is 0 Å². The van der Waals surface area contributed by atoms with Gasteiger partial charge in [-0.1, -0.05) is 0 Å². The van der Waals surface area contributed by atoms with E-state index in [-0.39, 0.29) is 19.0 Å². The van der Waals surface area contributed by atoms with E-state index >= 15 is 0 Å². The largest absolute Gasteiger partial charge is 0.388 e. The van der Waals surface area contributed by atoms with Gasteiger partial charge in [0.25, 0.3) is 0 Å². The van der Waals surface area contributed by atoms with Crippen molar-refractivity contribution in [2.45, 2.75) is 32.3 Å². The number of fused-ring (bicyclic) bond motifs is 1. The summed E-state index contributed by atoms with van der Waals surface area (Å²) in [7, 11) is 0. The molecule has 1 aliphatic carbocycles. The summed E-state index contributed by atoms with van der Waals surface area (Å²) in [5, 5.41) is 8.79. The van der Waals surface area contributed by atoms with Gasteiger partial charge in [-0.05, 0) is 25.7 Å². The molecule has 1 aromatic rings. The number of imidazole rings is 1. The van der Waals surface area contributed by atoms with Gasteiger partial charge in [0.1, 0.15) is 12.4 Å². The second-order valence-corrected chi connectivity index (χ2v) is 2.97. The van der Waals surface area contributed by atoms with Crippen LogP contribution in [0.1, 0.15) is 30.1 Å². The van der Waals surface area contributed by atoms with Crippen molar-refractivity contribution >= 4 is 12.4 Å². The predicted octanol–water partition coefficient (Wildman–Crippen LogP) is 1.20. The second kappa shape index (κ2) is 3.92. The van der Waals surface area contributed by atoms with E-state index in [9.17, 15) is 0 Å². The minimum Gasteiger partial charge on any atom is -0.388 e. The third-order valence-corrected chi connectivity index (χ3v) is 2.15. The third kappa shape index (κ3) is 1.62. The SMILES string of the molecule is Cl.OCc1nc2c([nH]1)CCCC2. The first kappa shape index (κ1) is 9.55. The van der Waals surface area contributed by atoms with Crippen molar-refractivity contribution in [1.82, 2.24) is 9.97 Å². The molecule has 0 bridgehead atoms. The van der Waals surface area contributed by atoms with E-state index in [0.29, 0.717) is 0 Å². The first-order valence-corrected chi connectivity index (χ1v) is 4.07. The Kier molecular flexibility index (Phi) is 3.12. The smallest absolute Gasteiger partial charge is 0.132 e. The minimum absolute atomic E-state index is 0. The van der Waals surface area contributed by atoms with Crippen molar-refractivity contribution in [1.29, 1.82) is 0 Å². The Morgan fingerprint density at radius 1 is 1.33 bits per heavy atom. The molecule has 0 fully saturated rings. The highest BCUT2D eigenvalue weighted by molar-refractivity contribution is 5.85. The van der Waals surface area contributed by atoms with Gasteiger partial charge in [0.05, 0.1) is 5.69 Å². The van der Waals surface area contributed by atoms with E-state index in [1.165, 1.54) is 24.2 Å². The van der Waals surface area contributed by atoms with Crippen molar-refractivity contribution in [3.63, 3.8) is 0 Å². The van der Waals surface area contributed by atoms with Gasteiger partial charge >= 0.3 is 0 Å². The van der Waals surface area contributed by atoms with Crippen molar-refractivity contribution in [3.05, 3.63) is 17.2 Å². The number of aliphatic hydroxyl groups excluding tert-OH is 1. The number of H-pyrrole nitrogens is 1. The van der Waals surface area contributed by atoms with Crippen LogP contribution in [0.2, 0.25) is 0 Å². The van der Waals surface area contributed by atoms with Crippen molar-refractivity contribution in [2.75, 3.05) is 0 Å². The van der Waals surface area contributed by atoms with Crippen LogP contribution in [-0.4, -0.2) is 15.1 Å². The maximum absolute atomic E-state index is 8.79. The van der Waals surface area contributed by atoms with Crippen LogP contribution in [0.3, 0.4) is 0 Å². The molecule has 0 unspecified atom stereocenters. The molecule has 0 aromatic carbocycles. The van der Waals surface area contributed by atoms with E-state index in [1.807, 2.05) is 0 Å². The fourth-order valence-electron chi connectivity index (χ4n) is 1.59. The van der Waals surface area contributed by atoms with Crippen LogP contribution in [0.15, 0.2) is 0 Å². The zero-order chi connectivity index (χ0) is 7.68. The number of rotatable bonds is 1. The molecule has 0 amide bonds. The van der Waals surface area contributed by atoms with Crippen LogP contribution in [0.25, 0.3) is 0 Å². The maximum atomic E-state index is 8.79. The van der Waals surface area contributed by atoms with E-state index in [4.69, 9.17) is 5.11 Å². The molecule has 0 spiro atoms. The molecule has 1 aromatic heterocycles. The van der Waals surface area contributed by atoms with Crippen molar-refractivity contribution < 1.29 is 5.11 Å². The van der Waals surface area contributed by atoms with Crippen molar-refractivity contribution in [2.24, 2.45) is 0 Å². The van der Waals surface area contributed by atoms with Crippen LogP contribution in [0.5, 0.6) is 0 Å². The number of aliphatic hydroxyl groups is 1. The van der Waals surface area contributed by atoms with Crippen LogP contribution in [-0.2, 0) is 19.4 Å². The number of nitrogens with one attached hydrogen (secondary N) is 1. The van der Waals surface area contributed by atoms with E-state index in [0.717, 1.165) is 18.7 Å². The van der Waals surface area contributed by atoms with E-state index in [2.05, 4.69) is 9.97 Å². The molecular formula is C8H13ClN2O. The first-order valence-electron chi connectivity index (χ1n) is 4.07. The molecule has 0 atom stereocenters. The average molecular weight is 189 g/mol. The Labute approximate surface area is 77.6 Å². The molecule has 2 N–H and O–H groups in total. The number of hydrogen-bond acceptors (Lipinski definition) is 2. The monoisotopic (exact) mass is 188 g/mol. The Morgan fingerprint density at radius 2 is 2.08 bits per heavy atom. The van der Waals surface area contributed by atoms with Gasteiger partial charge in [0.15, 0.2) is 0 Å². The average Bonchev–Trinajstić information content (AvgIpc) is 2.46. The Hall–Kier alpha value is -0.540. The summed E-state index contributed by atoms with van der Waals surface area (Å²) >= 11 is 0. The molecule has 2 rings (SSSR count). The number of nitrogens with zero attached hydrogens (tertiary/aromatic N) is 1. The van der Waals surface area contributed by atoms with Gasteiger partial charge in [0.2, 0.25) is 0 Å². The lowest BCUT2D eigenvalue weighted by Crippen LogP contribution is -2.00. The summed E-state index contributed by atoms with van der Waals surface area (Å²) in [5.41, 5.74) is 2.40. The third-order valence-electron chi connectivity index (χ3n) is 2.15. The lowest BCUT2D eigenvalue weighted by Gasteiger charge is -2.07. The summed E-state index contributed by atoms with van der Waals surface area (Å²) in [6.07, 6.45) is 4.66. The molecule has 1 heterocycles. The number of halogens is 1. The van der Waals surface area contributed by atoms with Crippen molar-refractivity contribution in [3.8, 4) is 0 Å². The molecule has 0 radical (unpaired) electrons. The molecule has 1 aliphatic rings. The molecule has 4 heteroatoms. The molecular weight excluding hydrogens is 176 g/mol. The highest BCUT2D eigenvalue weighted by Gasteiger charge is 2.13. The Balaban J connectivity index is 0.000000720. The minimum atomic E-state index is 0. The van der Waals surface area contributed by atoms with Gasteiger partial charge in [-0.15, -0.1) is 12.4 Å². The number of aryl methyl sites for hydroxylation is 2. The number of aromatic nitrogens is 2. The highest BCUT2D eigenvalue weighted by Crippen LogP contribution is 2.18. The fourth-order valence-corrected chi connectivity index (χ4v) is 1.59. The summed E-state index contributed by atoms with van der Waals surface area (Å²) in [5.74, 6) is 0.719. The Morgan fingerprint density at radius 3 is 2.75 bits per heavy atom. The molecule has 0 aliphatic heterocycles. The maximum Gasteiger partial charge on any atom is 0.132 e. The lowest BCUT2D eigenvalue weighted by molar-refractivity contribution is 0.272. The molecule has 12 heavy (non-hydrogen) atoms. The van der Waals surface area contributed by atoms with Gasteiger partial charge in [-0.25, -0.2) is 4.98 Å². The second-order valence-electron chi connectivity index (χ2n) is 2.97. The fraction of sp³-hybridized carbons (Fsp3) is 0.625. The van der Waals surface area contributed by atoms with E-state index < -0.39 is 0 Å². The zero-order valence-electron chi connectivity index (χ0n) is 6.84. The van der Waals surface area contributed by atoms with Gasteiger partial charge in [-0.3, -0.25) is 0 Å². The van der Waals surface area contributed by atoms with Gasteiger partial charge in [0, 0.05) is 5.69 Å². The zero-order valence-corrected chi connectivity index (χ0v) is 7.65. The topological polar surface area (TPSA) is 48.9 Å². The van der Waals surface area contributed by atoms with Gasteiger partial charge in [-0.2, -0.15) is 0 Å². The van der Waals surface area contributed by atoms with E-state index in [1.54, 1.807) is 0 Å². The highest BCUT2D eigenvalue weighted by atomic mass is 35.5. The standard InChI is InChI=1S/C8H12N2O.ClH/c11-5-8-9-6-3-1-2-4-7(6)10-8;/h11H,1-5H2,(H,9,10);1H. The summed E-state index contributed by atoms with van der Waals surface area (Å²) in [4.78, 5) is 7.39. The predicted molar refractivity (Wildman–Crippen MR) is 48.4 cm³/mol. The normalized spacial score (nSPS) is 15.1. The van der Waals surface area contributed by atoms with Crippen LogP contribution in [0.4, 0.5) is 0 Å². The number of hydrogen-bond donors (Lipinski definition) is 2. The number of aromatic amines is 1. The van der Waals surface area contributed by atoms with Crippen LogP contribution < -0.4 is 0 Å². The van der Waals surface area contributed by atoms with Gasteiger partial charge < -0.3 is 10.1 Å². The van der Waals surface area contributed by atoms with Crippen LogP contribution >= 0.6 is 12.4 Å². The summed E-state index contributed by atoms with van der Waals surface area (Å²) < 4.78 is 0. The molecule has 0 saturated heterocycles. The molecule has 0 saturated carbocycles. The molecule has 68 valence electrons. The summed E-state index contributed by atoms with van der Waals surface area (Å²) in [6.45, 7) is 0.0347. The quantitative estimate of drug-likeness (QED) is 0.696.